The van der Waals surface area contributed by atoms with Gasteiger partial charge in [0.05, 0.1) is 17.4 Å². The number of aromatic amines is 2. The van der Waals surface area contributed by atoms with Crippen LogP contribution < -0.4 is 5.32 Å². The number of fused-ring (bicyclic) bond motifs is 2. The van der Waals surface area contributed by atoms with Crippen LogP contribution in [0, 0.1) is 0 Å². The Labute approximate surface area is 130 Å². The van der Waals surface area contributed by atoms with Crippen molar-refractivity contribution in [2.45, 2.75) is 0 Å². The van der Waals surface area contributed by atoms with Crippen LogP contribution in [0.4, 0.5) is 5.69 Å². The molecule has 4 aromatic rings. The van der Waals surface area contributed by atoms with Crippen LogP contribution in [-0.2, 0) is 0 Å². The molecule has 0 unspecified atom stereocenters. The number of para-hydroxylation sites is 1. The minimum absolute atomic E-state index is 0.213. The van der Waals surface area contributed by atoms with Gasteiger partial charge < -0.3 is 10.3 Å². The number of nitrogens with zero attached hydrogens (tertiary/aromatic N) is 1. The van der Waals surface area contributed by atoms with Gasteiger partial charge in [0.25, 0.3) is 5.91 Å². The summed E-state index contributed by atoms with van der Waals surface area (Å²) in [5.74, 6) is -0.213. The van der Waals surface area contributed by atoms with Crippen molar-refractivity contribution in [3.8, 4) is 0 Å². The first kappa shape index (κ1) is 12.9. The van der Waals surface area contributed by atoms with E-state index in [1.54, 1.807) is 18.3 Å². The van der Waals surface area contributed by atoms with Crippen molar-refractivity contribution < 1.29 is 4.79 Å². The molecule has 6 heteroatoms. The van der Waals surface area contributed by atoms with Gasteiger partial charge in [-0.1, -0.05) is 23.7 Å². The number of rotatable bonds is 2. The zero-order chi connectivity index (χ0) is 15.1. The fourth-order valence-corrected chi connectivity index (χ4v) is 2.67. The number of halogens is 1. The molecule has 0 spiro atoms. The molecule has 2 aromatic heterocycles. The lowest BCUT2D eigenvalue weighted by Gasteiger charge is -2.04. The summed E-state index contributed by atoms with van der Waals surface area (Å²) in [6, 6.07) is 12.9. The van der Waals surface area contributed by atoms with Crippen LogP contribution in [0.25, 0.3) is 21.8 Å². The molecule has 0 aliphatic heterocycles. The van der Waals surface area contributed by atoms with Crippen LogP contribution in [0.1, 0.15) is 10.5 Å². The first-order chi connectivity index (χ1) is 10.7. The maximum atomic E-state index is 12.4. The minimum atomic E-state index is -0.213. The van der Waals surface area contributed by atoms with Crippen molar-refractivity contribution in [3.05, 3.63) is 59.4 Å². The van der Waals surface area contributed by atoms with E-state index in [4.69, 9.17) is 11.6 Å². The first-order valence-electron chi connectivity index (χ1n) is 6.72. The molecule has 22 heavy (non-hydrogen) atoms. The lowest BCUT2D eigenvalue weighted by molar-refractivity contribution is 0.102. The predicted octanol–water partition coefficient (Wildman–Crippen LogP) is 3.95. The van der Waals surface area contributed by atoms with Gasteiger partial charge in [-0.15, -0.1) is 0 Å². The highest BCUT2D eigenvalue weighted by molar-refractivity contribution is 6.31. The summed E-state index contributed by atoms with van der Waals surface area (Å²) in [7, 11) is 0. The zero-order valence-corrected chi connectivity index (χ0v) is 12.1. The van der Waals surface area contributed by atoms with Crippen LogP contribution in [0.2, 0.25) is 5.02 Å². The van der Waals surface area contributed by atoms with E-state index in [-0.39, 0.29) is 5.91 Å². The van der Waals surface area contributed by atoms with Crippen LogP contribution in [0.3, 0.4) is 0 Å². The lowest BCUT2D eigenvalue weighted by Crippen LogP contribution is -2.12. The molecule has 5 nitrogen and oxygen atoms in total. The quantitative estimate of drug-likeness (QED) is 0.524. The normalized spacial score (nSPS) is 11.1. The van der Waals surface area contributed by atoms with E-state index in [0.717, 1.165) is 21.8 Å². The zero-order valence-electron chi connectivity index (χ0n) is 11.4. The van der Waals surface area contributed by atoms with Gasteiger partial charge >= 0.3 is 0 Å². The summed E-state index contributed by atoms with van der Waals surface area (Å²) in [5.41, 5.74) is 2.84. The molecular weight excluding hydrogens is 300 g/mol. The Morgan fingerprint density at radius 2 is 2.05 bits per heavy atom. The van der Waals surface area contributed by atoms with Crippen molar-refractivity contribution in [2.75, 3.05) is 5.32 Å². The van der Waals surface area contributed by atoms with E-state index < -0.39 is 0 Å². The van der Waals surface area contributed by atoms with Crippen LogP contribution in [0.15, 0.2) is 48.7 Å². The summed E-state index contributed by atoms with van der Waals surface area (Å²) < 4.78 is 0. The number of hydrogen-bond donors (Lipinski definition) is 3. The fourth-order valence-electron chi connectivity index (χ4n) is 2.49. The van der Waals surface area contributed by atoms with Crippen molar-refractivity contribution >= 4 is 45.0 Å². The minimum Gasteiger partial charge on any atom is -0.351 e. The van der Waals surface area contributed by atoms with Gasteiger partial charge in [0.15, 0.2) is 0 Å². The van der Waals surface area contributed by atoms with Gasteiger partial charge in [-0.25, -0.2) is 0 Å². The highest BCUT2D eigenvalue weighted by atomic mass is 35.5. The molecule has 0 atom stereocenters. The summed E-state index contributed by atoms with van der Waals surface area (Å²) in [5, 5.41) is 12.2. The molecule has 2 aromatic carbocycles. The lowest BCUT2D eigenvalue weighted by atomic mass is 10.2. The molecule has 0 aliphatic carbocycles. The number of carbonyl (C=O) groups excluding carboxylic acids is 1. The smallest absolute Gasteiger partial charge is 0.272 e. The molecule has 0 saturated carbocycles. The standard InChI is InChI=1S/C16H11ClN4O/c17-11-4-5-12-10(6-11)7-14(19-12)16(22)20-13-3-1-2-9-8-18-21-15(9)13/h1-8,19H,(H,18,21)(H,20,22). The second-order valence-corrected chi connectivity index (χ2v) is 5.44. The molecule has 0 radical (unpaired) electrons. The molecule has 0 saturated heterocycles. The Kier molecular flexibility index (Phi) is 2.87. The van der Waals surface area contributed by atoms with E-state index in [9.17, 15) is 4.79 Å². The molecule has 0 aliphatic rings. The highest BCUT2D eigenvalue weighted by Gasteiger charge is 2.12. The van der Waals surface area contributed by atoms with Gasteiger partial charge in [0.1, 0.15) is 5.69 Å². The summed E-state index contributed by atoms with van der Waals surface area (Å²) >= 11 is 5.96. The van der Waals surface area contributed by atoms with Crippen molar-refractivity contribution in [2.24, 2.45) is 0 Å². The van der Waals surface area contributed by atoms with E-state index in [1.807, 2.05) is 30.3 Å². The average Bonchev–Trinajstić information content (AvgIpc) is 3.13. The molecule has 2 heterocycles. The number of benzene rings is 2. The van der Waals surface area contributed by atoms with E-state index in [1.165, 1.54) is 0 Å². The first-order valence-corrected chi connectivity index (χ1v) is 7.10. The highest BCUT2D eigenvalue weighted by Crippen LogP contribution is 2.23. The van der Waals surface area contributed by atoms with Gasteiger partial charge in [0, 0.05) is 21.3 Å². The second-order valence-electron chi connectivity index (χ2n) is 5.01. The Balaban J connectivity index is 1.70. The Morgan fingerprint density at radius 3 is 2.95 bits per heavy atom. The van der Waals surface area contributed by atoms with E-state index >= 15 is 0 Å². The third-order valence-corrected chi connectivity index (χ3v) is 3.79. The Hall–Kier alpha value is -2.79. The number of carbonyl (C=O) groups is 1. The molecule has 108 valence electrons. The van der Waals surface area contributed by atoms with Crippen LogP contribution in [-0.4, -0.2) is 21.1 Å². The number of hydrogen-bond acceptors (Lipinski definition) is 2. The number of anilines is 1. The van der Waals surface area contributed by atoms with Gasteiger partial charge in [-0.05, 0) is 30.3 Å². The second kappa shape index (κ2) is 4.89. The van der Waals surface area contributed by atoms with Gasteiger partial charge in [0.2, 0.25) is 0 Å². The summed E-state index contributed by atoms with van der Waals surface area (Å²) in [4.78, 5) is 15.5. The maximum Gasteiger partial charge on any atom is 0.272 e. The summed E-state index contributed by atoms with van der Waals surface area (Å²) in [6.45, 7) is 0. The number of nitrogens with one attached hydrogen (secondary N) is 3. The molecule has 0 bridgehead atoms. The van der Waals surface area contributed by atoms with Crippen molar-refractivity contribution in [3.63, 3.8) is 0 Å². The molecule has 4 rings (SSSR count). The molecule has 0 fully saturated rings. The summed E-state index contributed by atoms with van der Waals surface area (Å²) in [6.07, 6.45) is 1.72. The van der Waals surface area contributed by atoms with Crippen molar-refractivity contribution in [1.82, 2.24) is 15.2 Å². The third-order valence-electron chi connectivity index (χ3n) is 3.55. The third kappa shape index (κ3) is 2.12. The molecule has 1 amide bonds. The largest absolute Gasteiger partial charge is 0.351 e. The number of H-pyrrole nitrogens is 2. The molecule has 3 N–H and O–H groups in total. The predicted molar refractivity (Wildman–Crippen MR) is 87.4 cm³/mol. The maximum absolute atomic E-state index is 12.4. The van der Waals surface area contributed by atoms with E-state index in [2.05, 4.69) is 20.5 Å². The number of aromatic nitrogens is 3. The number of amides is 1. The fraction of sp³-hybridized carbons (Fsp3) is 0. The SMILES string of the molecule is O=C(Nc1cccc2cn[nH]c12)c1cc2cc(Cl)ccc2[nH]1. The van der Waals surface area contributed by atoms with E-state index in [0.29, 0.717) is 16.4 Å². The van der Waals surface area contributed by atoms with Crippen LogP contribution >= 0.6 is 11.6 Å². The average molecular weight is 311 g/mol. The topological polar surface area (TPSA) is 73.6 Å². The van der Waals surface area contributed by atoms with Gasteiger partial charge in [-0.3, -0.25) is 9.89 Å². The Morgan fingerprint density at radius 1 is 1.14 bits per heavy atom. The van der Waals surface area contributed by atoms with Crippen LogP contribution in [0.5, 0.6) is 0 Å². The monoisotopic (exact) mass is 310 g/mol. The van der Waals surface area contributed by atoms with Crippen molar-refractivity contribution in [1.29, 1.82) is 0 Å². The van der Waals surface area contributed by atoms with Gasteiger partial charge in [-0.2, -0.15) is 5.10 Å². The molecular formula is C16H11ClN4O. The Bertz CT molecular complexity index is 1000.